The third kappa shape index (κ3) is 5.02. The fourth-order valence-electron chi connectivity index (χ4n) is 4.21. The molecule has 1 aliphatic rings. The maximum absolute atomic E-state index is 13.6. The van der Waals surface area contributed by atoms with Gasteiger partial charge < -0.3 is 9.64 Å². The number of carbonyl (C=O) groups excluding carboxylic acids is 1. The highest BCUT2D eigenvalue weighted by Crippen LogP contribution is 2.25. The van der Waals surface area contributed by atoms with E-state index in [4.69, 9.17) is 9.84 Å². The van der Waals surface area contributed by atoms with E-state index in [0.29, 0.717) is 31.0 Å². The van der Waals surface area contributed by atoms with Crippen LogP contribution in [-0.2, 0) is 0 Å². The first-order valence-electron chi connectivity index (χ1n) is 11.7. The van der Waals surface area contributed by atoms with Gasteiger partial charge >= 0.3 is 0 Å². The van der Waals surface area contributed by atoms with Gasteiger partial charge in [-0.3, -0.25) is 9.69 Å². The number of carbonyl (C=O) groups is 1. The van der Waals surface area contributed by atoms with Crippen molar-refractivity contribution in [1.82, 2.24) is 19.6 Å². The number of amides is 1. The molecule has 4 aromatic rings. The first-order valence-corrected chi connectivity index (χ1v) is 11.7. The average Bonchev–Trinajstić information content (AvgIpc) is 3.36. The van der Waals surface area contributed by atoms with Crippen molar-refractivity contribution in [2.24, 2.45) is 0 Å². The van der Waals surface area contributed by atoms with Crippen LogP contribution in [0.3, 0.4) is 0 Å². The normalized spacial score (nSPS) is 14.2. The predicted octanol–water partition coefficient (Wildman–Crippen LogP) is 4.38. The summed E-state index contributed by atoms with van der Waals surface area (Å²) in [6.45, 7) is 4.52. The van der Waals surface area contributed by atoms with Crippen molar-refractivity contribution in [3.8, 4) is 22.7 Å². The summed E-state index contributed by atoms with van der Waals surface area (Å²) in [5, 5.41) is 4.79. The van der Waals surface area contributed by atoms with Gasteiger partial charge in [-0.15, -0.1) is 0 Å². The molecule has 6 nitrogen and oxygen atoms in total. The van der Waals surface area contributed by atoms with E-state index in [2.05, 4.69) is 4.90 Å². The Balaban J connectivity index is 1.26. The maximum atomic E-state index is 13.6. The minimum absolute atomic E-state index is 0.0289. The molecular formula is C28H28N4O2. The van der Waals surface area contributed by atoms with Crippen molar-refractivity contribution >= 4 is 5.91 Å². The fourth-order valence-corrected chi connectivity index (χ4v) is 4.21. The smallest absolute Gasteiger partial charge is 0.257 e. The molecule has 34 heavy (non-hydrogen) atoms. The predicted molar refractivity (Wildman–Crippen MR) is 133 cm³/mol. The Kier molecular flexibility index (Phi) is 6.68. The van der Waals surface area contributed by atoms with Gasteiger partial charge in [-0.1, -0.05) is 66.7 Å². The molecule has 3 aromatic carbocycles. The van der Waals surface area contributed by atoms with Crippen molar-refractivity contribution in [3.63, 3.8) is 0 Å². The number of hydrogen-bond acceptors (Lipinski definition) is 4. The van der Waals surface area contributed by atoms with Crippen molar-refractivity contribution < 1.29 is 9.53 Å². The molecule has 1 saturated heterocycles. The largest absolute Gasteiger partial charge is 0.492 e. The summed E-state index contributed by atoms with van der Waals surface area (Å²) in [7, 11) is 0. The third-order valence-electron chi connectivity index (χ3n) is 6.09. The zero-order valence-corrected chi connectivity index (χ0v) is 19.1. The van der Waals surface area contributed by atoms with Gasteiger partial charge in [-0.05, 0) is 24.3 Å². The van der Waals surface area contributed by atoms with Crippen LogP contribution in [0.5, 0.6) is 5.75 Å². The van der Waals surface area contributed by atoms with E-state index < -0.39 is 0 Å². The van der Waals surface area contributed by atoms with E-state index in [1.165, 1.54) is 0 Å². The molecular weight excluding hydrogens is 424 g/mol. The van der Waals surface area contributed by atoms with E-state index in [1.54, 1.807) is 4.68 Å². The van der Waals surface area contributed by atoms with Gasteiger partial charge in [0.15, 0.2) is 0 Å². The standard InChI is InChI=1S/C28H28N4O2/c33-28(31-18-16-30(17-19-31)20-21-34-25-14-8-3-9-15-25)26-22-32(24-12-6-2-7-13-24)29-27(26)23-10-4-1-5-11-23/h1-15,22H,16-21H2. The number of nitrogens with zero attached hydrogens (tertiary/aromatic N) is 4. The number of hydrogen-bond donors (Lipinski definition) is 0. The highest BCUT2D eigenvalue weighted by Gasteiger charge is 2.26. The summed E-state index contributed by atoms with van der Waals surface area (Å²) in [6.07, 6.45) is 1.86. The van der Waals surface area contributed by atoms with Gasteiger partial charge in [0.2, 0.25) is 0 Å². The van der Waals surface area contributed by atoms with E-state index >= 15 is 0 Å². The Hall–Kier alpha value is -3.90. The molecule has 0 atom stereocenters. The van der Waals surface area contributed by atoms with Crippen LogP contribution < -0.4 is 4.74 Å². The number of aromatic nitrogens is 2. The molecule has 0 unspecified atom stereocenters. The molecule has 1 aromatic heterocycles. The van der Waals surface area contributed by atoms with Crippen LogP contribution in [0.1, 0.15) is 10.4 Å². The highest BCUT2D eigenvalue weighted by molar-refractivity contribution is 6.00. The quantitative estimate of drug-likeness (QED) is 0.418. The third-order valence-corrected chi connectivity index (χ3v) is 6.09. The van der Waals surface area contributed by atoms with Crippen molar-refractivity contribution in [3.05, 3.63) is 103 Å². The Labute approximate surface area is 200 Å². The molecule has 1 amide bonds. The van der Waals surface area contributed by atoms with Gasteiger partial charge in [-0.2, -0.15) is 5.10 Å². The molecule has 1 fully saturated rings. The number of piperazine rings is 1. The Bertz CT molecular complexity index is 1200. The SMILES string of the molecule is O=C(c1cn(-c2ccccc2)nc1-c1ccccc1)N1CCN(CCOc2ccccc2)CC1. The number of rotatable bonds is 7. The molecule has 172 valence electrons. The van der Waals surface area contributed by atoms with Crippen LogP contribution in [0.2, 0.25) is 0 Å². The maximum Gasteiger partial charge on any atom is 0.257 e. The minimum Gasteiger partial charge on any atom is -0.492 e. The van der Waals surface area contributed by atoms with Crippen LogP contribution in [0.25, 0.3) is 16.9 Å². The van der Waals surface area contributed by atoms with Crippen molar-refractivity contribution in [2.45, 2.75) is 0 Å². The second kappa shape index (κ2) is 10.4. The lowest BCUT2D eigenvalue weighted by molar-refractivity contribution is 0.0621. The fraction of sp³-hybridized carbons (Fsp3) is 0.214. The zero-order valence-electron chi connectivity index (χ0n) is 19.1. The van der Waals surface area contributed by atoms with Gasteiger partial charge in [0.1, 0.15) is 18.1 Å². The second-order valence-electron chi connectivity index (χ2n) is 8.33. The molecule has 2 heterocycles. The van der Waals surface area contributed by atoms with E-state index in [-0.39, 0.29) is 5.91 Å². The summed E-state index contributed by atoms with van der Waals surface area (Å²) in [5.41, 5.74) is 3.23. The minimum atomic E-state index is 0.0289. The molecule has 5 rings (SSSR count). The van der Waals surface area contributed by atoms with Crippen LogP contribution in [0.15, 0.2) is 97.2 Å². The Morgan fingerprint density at radius 3 is 2.09 bits per heavy atom. The summed E-state index contributed by atoms with van der Waals surface area (Å²) >= 11 is 0. The lowest BCUT2D eigenvalue weighted by Crippen LogP contribution is -2.49. The summed E-state index contributed by atoms with van der Waals surface area (Å²) in [5.74, 6) is 0.918. The Morgan fingerprint density at radius 1 is 0.794 bits per heavy atom. The van der Waals surface area contributed by atoms with E-state index in [1.807, 2.05) is 102 Å². The molecule has 0 aliphatic carbocycles. The van der Waals surface area contributed by atoms with Crippen molar-refractivity contribution in [2.75, 3.05) is 39.3 Å². The Morgan fingerprint density at radius 2 is 1.41 bits per heavy atom. The number of benzene rings is 3. The summed E-state index contributed by atoms with van der Waals surface area (Å²) in [4.78, 5) is 17.9. The van der Waals surface area contributed by atoms with Crippen molar-refractivity contribution in [1.29, 1.82) is 0 Å². The summed E-state index contributed by atoms with van der Waals surface area (Å²) < 4.78 is 7.63. The summed E-state index contributed by atoms with van der Waals surface area (Å²) in [6, 6.07) is 29.7. The zero-order chi connectivity index (χ0) is 23.2. The molecule has 0 bridgehead atoms. The molecule has 0 spiro atoms. The molecule has 0 radical (unpaired) electrons. The second-order valence-corrected chi connectivity index (χ2v) is 8.33. The lowest BCUT2D eigenvalue weighted by atomic mass is 10.1. The van der Waals surface area contributed by atoms with Crippen LogP contribution >= 0.6 is 0 Å². The molecule has 0 saturated carbocycles. The van der Waals surface area contributed by atoms with Crippen LogP contribution in [-0.4, -0.2) is 64.8 Å². The van der Waals surface area contributed by atoms with Gasteiger partial charge in [0.05, 0.1) is 11.3 Å². The topological polar surface area (TPSA) is 50.6 Å². The van der Waals surface area contributed by atoms with E-state index in [0.717, 1.165) is 36.6 Å². The highest BCUT2D eigenvalue weighted by atomic mass is 16.5. The average molecular weight is 453 g/mol. The van der Waals surface area contributed by atoms with Crippen LogP contribution in [0, 0.1) is 0 Å². The van der Waals surface area contributed by atoms with Gasteiger partial charge in [-0.25, -0.2) is 4.68 Å². The van der Waals surface area contributed by atoms with E-state index in [9.17, 15) is 4.79 Å². The first-order chi connectivity index (χ1) is 16.8. The van der Waals surface area contributed by atoms with Gasteiger partial charge in [0, 0.05) is 44.5 Å². The molecule has 6 heteroatoms. The molecule has 0 N–H and O–H groups in total. The lowest BCUT2D eigenvalue weighted by Gasteiger charge is -2.34. The number of para-hydroxylation sites is 2. The monoisotopic (exact) mass is 452 g/mol. The van der Waals surface area contributed by atoms with Crippen LogP contribution in [0.4, 0.5) is 0 Å². The van der Waals surface area contributed by atoms with Gasteiger partial charge in [0.25, 0.3) is 5.91 Å². The molecule has 1 aliphatic heterocycles. The first kappa shape index (κ1) is 21.9. The number of ether oxygens (including phenoxy) is 1.